The number of amides is 1. The van der Waals surface area contributed by atoms with Gasteiger partial charge >= 0.3 is 5.97 Å². The minimum absolute atomic E-state index is 0.262. The van der Waals surface area contributed by atoms with E-state index in [0.717, 1.165) is 4.90 Å². The molecular formula is C9H13N2O4S2. The Morgan fingerprint density at radius 3 is 2.65 bits per heavy atom. The lowest BCUT2D eigenvalue weighted by Gasteiger charge is -2.23. The topological polar surface area (TPSA) is 101 Å². The van der Waals surface area contributed by atoms with Crippen molar-refractivity contribution in [2.24, 2.45) is 5.73 Å². The Morgan fingerprint density at radius 2 is 2.18 bits per heavy atom. The second-order valence-electron chi connectivity index (χ2n) is 3.59. The van der Waals surface area contributed by atoms with Crippen LogP contribution in [0, 0.1) is 5.88 Å². The van der Waals surface area contributed by atoms with Gasteiger partial charge in [-0.1, -0.05) is 0 Å². The first-order valence-electron chi connectivity index (χ1n) is 4.83. The molecule has 0 aromatic rings. The molecule has 0 bridgehead atoms. The van der Waals surface area contributed by atoms with E-state index in [1.165, 1.54) is 24.6 Å². The monoisotopic (exact) mass is 277 g/mol. The molecule has 0 aliphatic carbocycles. The number of rotatable bonds is 4. The summed E-state index contributed by atoms with van der Waals surface area (Å²) in [4.78, 5) is 35.2. The average molecular weight is 277 g/mol. The molecule has 1 fully saturated rings. The number of carboxylic acids is 1. The predicted molar refractivity (Wildman–Crippen MR) is 66.5 cm³/mol. The van der Waals surface area contributed by atoms with Crippen molar-refractivity contribution in [1.82, 2.24) is 4.90 Å². The highest BCUT2D eigenvalue weighted by atomic mass is 32.2. The molecule has 1 rings (SSSR count). The van der Waals surface area contributed by atoms with Crippen molar-refractivity contribution >= 4 is 42.1 Å². The summed E-state index contributed by atoms with van der Waals surface area (Å²) in [6.07, 6.45) is 0. The fourth-order valence-electron chi connectivity index (χ4n) is 1.31. The van der Waals surface area contributed by atoms with Gasteiger partial charge in [-0.05, 0) is 6.92 Å². The maximum atomic E-state index is 11.8. The van der Waals surface area contributed by atoms with Crippen molar-refractivity contribution in [2.45, 2.75) is 24.3 Å². The number of thioether (sulfide) groups is 1. The van der Waals surface area contributed by atoms with Crippen LogP contribution >= 0.6 is 24.4 Å². The molecule has 6 nitrogen and oxygen atoms in total. The smallest absolute Gasteiger partial charge is 0.327 e. The Bertz CT molecular complexity index is 348. The number of thiol groups is 1. The van der Waals surface area contributed by atoms with Crippen LogP contribution in [0.2, 0.25) is 0 Å². The van der Waals surface area contributed by atoms with E-state index in [2.05, 4.69) is 12.6 Å². The lowest BCUT2D eigenvalue weighted by Crippen LogP contribution is -2.52. The molecule has 8 heteroatoms. The molecule has 3 N–H and O–H groups in total. The fourth-order valence-corrected chi connectivity index (χ4v) is 2.45. The quantitative estimate of drug-likeness (QED) is 0.466. The zero-order chi connectivity index (χ0) is 13.2. The molecule has 95 valence electrons. The van der Waals surface area contributed by atoms with Crippen LogP contribution in [0.15, 0.2) is 0 Å². The van der Waals surface area contributed by atoms with Crippen LogP contribution in [0.25, 0.3) is 0 Å². The minimum atomic E-state index is -1.36. The van der Waals surface area contributed by atoms with E-state index in [0.29, 0.717) is 0 Å². The lowest BCUT2D eigenvalue weighted by molar-refractivity contribution is -0.148. The normalized spacial score (nSPS) is 23.2. The zero-order valence-corrected chi connectivity index (χ0v) is 10.8. The second kappa shape index (κ2) is 5.74. The molecule has 17 heavy (non-hydrogen) atoms. The van der Waals surface area contributed by atoms with Crippen LogP contribution in [-0.4, -0.2) is 50.8 Å². The Kier molecular flexibility index (Phi) is 4.84. The minimum Gasteiger partial charge on any atom is -0.480 e. The zero-order valence-electron chi connectivity index (χ0n) is 9.07. The summed E-state index contributed by atoms with van der Waals surface area (Å²) < 4.78 is 0. The molecule has 3 atom stereocenters. The molecule has 1 heterocycles. The summed E-state index contributed by atoms with van der Waals surface area (Å²) in [5.41, 5.74) is 5.49. The van der Waals surface area contributed by atoms with Gasteiger partial charge < -0.3 is 15.7 Å². The molecular weight excluding hydrogens is 264 g/mol. The number of ketones is 1. The van der Waals surface area contributed by atoms with Crippen LogP contribution in [0.1, 0.15) is 6.92 Å². The third kappa shape index (κ3) is 3.14. The largest absolute Gasteiger partial charge is 0.480 e. The summed E-state index contributed by atoms with van der Waals surface area (Å²) >= 11 is 5.10. The number of carbonyl (C=O) groups is 3. The number of nitrogens with zero attached hydrogens (tertiary/aromatic N) is 1. The summed E-state index contributed by atoms with van der Waals surface area (Å²) in [5, 5.41) is 8.23. The van der Waals surface area contributed by atoms with Gasteiger partial charge in [0.1, 0.15) is 18.0 Å². The van der Waals surface area contributed by atoms with Crippen LogP contribution in [0.4, 0.5) is 0 Å². The van der Waals surface area contributed by atoms with Gasteiger partial charge in [0.25, 0.3) is 0 Å². The highest BCUT2D eigenvalue weighted by Gasteiger charge is 2.39. The van der Waals surface area contributed by atoms with Gasteiger partial charge in [0.2, 0.25) is 5.91 Å². The van der Waals surface area contributed by atoms with Crippen molar-refractivity contribution in [3.05, 3.63) is 5.88 Å². The SMILES string of the molecule is CC(S)C(=O)C(N)C(=O)N1[CH]SCC1C(=O)O. The molecule has 1 amide bonds. The standard InChI is InChI=1S/C9H13N2O4S2/c1-4(16)7(12)6(10)8(13)11-3-17-2-5(11)9(14)15/h3-6,16H,2,10H2,1H3,(H,14,15). The Hall–Kier alpha value is -0.730. The van der Waals surface area contributed by atoms with Crippen LogP contribution in [0.5, 0.6) is 0 Å². The summed E-state index contributed by atoms with van der Waals surface area (Å²) in [6, 6.07) is -2.32. The summed E-state index contributed by atoms with van der Waals surface area (Å²) in [7, 11) is 0. The highest BCUT2D eigenvalue weighted by molar-refractivity contribution is 8.01. The van der Waals surface area contributed by atoms with Crippen LogP contribution < -0.4 is 5.73 Å². The predicted octanol–water partition coefficient (Wildman–Crippen LogP) is -0.651. The number of hydrogen-bond donors (Lipinski definition) is 3. The Morgan fingerprint density at radius 1 is 1.59 bits per heavy atom. The van der Waals surface area contributed by atoms with Crippen LogP contribution in [0.3, 0.4) is 0 Å². The van der Waals surface area contributed by atoms with Crippen molar-refractivity contribution < 1.29 is 19.5 Å². The van der Waals surface area contributed by atoms with Gasteiger partial charge in [-0.25, -0.2) is 4.79 Å². The van der Waals surface area contributed by atoms with Crippen molar-refractivity contribution in [3.8, 4) is 0 Å². The second-order valence-corrected chi connectivity index (χ2v) is 5.25. The molecule has 0 saturated carbocycles. The maximum Gasteiger partial charge on any atom is 0.327 e. The van der Waals surface area contributed by atoms with E-state index < -0.39 is 35.0 Å². The number of carboxylic acid groups (broad SMARTS) is 1. The Labute approximate surface area is 108 Å². The molecule has 1 radical (unpaired) electrons. The number of Topliss-reactive ketones (excluding diaryl/α,β-unsaturated/α-hetero) is 1. The summed E-state index contributed by atoms with van der Waals surface area (Å²) in [5.74, 6) is -0.685. The van der Waals surface area contributed by atoms with Gasteiger partial charge in [-0.3, -0.25) is 9.59 Å². The average Bonchev–Trinajstić information content (AvgIpc) is 2.74. The van der Waals surface area contributed by atoms with E-state index in [9.17, 15) is 14.4 Å². The maximum absolute atomic E-state index is 11.8. The lowest BCUT2D eigenvalue weighted by atomic mass is 10.1. The first-order valence-corrected chi connectivity index (χ1v) is 6.40. The van der Waals surface area contributed by atoms with Gasteiger partial charge in [0, 0.05) is 5.75 Å². The molecule has 0 aromatic heterocycles. The molecule has 0 spiro atoms. The first-order chi connectivity index (χ1) is 7.86. The molecule has 0 aromatic carbocycles. The number of hydrogen-bond acceptors (Lipinski definition) is 6. The van der Waals surface area contributed by atoms with E-state index in [4.69, 9.17) is 10.8 Å². The van der Waals surface area contributed by atoms with Gasteiger partial charge in [0.05, 0.1) is 5.25 Å². The first kappa shape index (κ1) is 14.3. The molecule has 1 aliphatic heterocycles. The number of aliphatic carboxylic acids is 1. The van der Waals surface area contributed by atoms with Gasteiger partial charge in [0.15, 0.2) is 5.78 Å². The van der Waals surface area contributed by atoms with Crippen molar-refractivity contribution in [2.75, 3.05) is 5.75 Å². The highest BCUT2D eigenvalue weighted by Crippen LogP contribution is 2.26. The van der Waals surface area contributed by atoms with Crippen molar-refractivity contribution in [3.63, 3.8) is 0 Å². The third-order valence-electron chi connectivity index (χ3n) is 2.30. The Balaban J connectivity index is 2.76. The van der Waals surface area contributed by atoms with E-state index in [-0.39, 0.29) is 5.75 Å². The van der Waals surface area contributed by atoms with E-state index >= 15 is 0 Å². The van der Waals surface area contributed by atoms with E-state index in [1.807, 2.05) is 0 Å². The number of carbonyl (C=O) groups excluding carboxylic acids is 2. The molecule has 1 aliphatic rings. The van der Waals surface area contributed by atoms with Gasteiger partial charge in [-0.15, -0.1) is 11.8 Å². The number of nitrogens with two attached hydrogens (primary N) is 1. The summed E-state index contributed by atoms with van der Waals surface area (Å²) in [6.45, 7) is 1.51. The fraction of sp³-hybridized carbons (Fsp3) is 0.556. The third-order valence-corrected chi connectivity index (χ3v) is 3.44. The van der Waals surface area contributed by atoms with Crippen molar-refractivity contribution in [1.29, 1.82) is 0 Å². The molecule has 3 unspecified atom stereocenters. The van der Waals surface area contributed by atoms with E-state index in [1.54, 1.807) is 0 Å². The van der Waals surface area contributed by atoms with Crippen LogP contribution in [-0.2, 0) is 14.4 Å². The van der Waals surface area contributed by atoms with Gasteiger partial charge in [-0.2, -0.15) is 12.6 Å². The molecule has 1 saturated heterocycles.